The molecule has 0 fully saturated rings. The Balaban J connectivity index is 3.02. The predicted octanol–water partition coefficient (Wildman–Crippen LogP) is 0.940. The zero-order valence-corrected chi connectivity index (χ0v) is 10.5. The number of hydrogen-bond acceptors (Lipinski definition) is 4. The summed E-state index contributed by atoms with van der Waals surface area (Å²) in [5.74, 6) is 0.484. The summed E-state index contributed by atoms with van der Waals surface area (Å²) in [7, 11) is -1.88. The Morgan fingerprint density at radius 1 is 1.50 bits per heavy atom. The molecule has 5 nitrogen and oxygen atoms in total. The van der Waals surface area contributed by atoms with Gasteiger partial charge < -0.3 is 5.73 Å². The van der Waals surface area contributed by atoms with E-state index in [1.807, 2.05) is 13.8 Å². The summed E-state index contributed by atoms with van der Waals surface area (Å²) >= 11 is 0. The van der Waals surface area contributed by atoms with Crippen LogP contribution in [-0.4, -0.2) is 31.3 Å². The van der Waals surface area contributed by atoms with Crippen molar-refractivity contribution >= 4 is 15.8 Å². The molecule has 0 aliphatic heterocycles. The van der Waals surface area contributed by atoms with Gasteiger partial charge in [-0.3, -0.25) is 0 Å². The number of nitrogen functional groups attached to an aromatic ring is 1. The molecule has 0 saturated carbocycles. The number of sulfonamides is 1. The minimum absolute atomic E-state index is 0.183. The third-order valence-electron chi connectivity index (χ3n) is 2.08. The van der Waals surface area contributed by atoms with Crippen molar-refractivity contribution in [3.05, 3.63) is 18.3 Å². The maximum absolute atomic E-state index is 12.1. The molecule has 0 radical (unpaired) electrons. The van der Waals surface area contributed by atoms with E-state index in [1.165, 1.54) is 22.6 Å². The first-order chi connectivity index (χ1) is 7.34. The van der Waals surface area contributed by atoms with E-state index in [2.05, 4.69) is 4.98 Å². The van der Waals surface area contributed by atoms with Crippen LogP contribution in [0.25, 0.3) is 0 Å². The zero-order valence-electron chi connectivity index (χ0n) is 9.71. The molecule has 2 N–H and O–H groups in total. The molecule has 0 aliphatic rings. The third kappa shape index (κ3) is 2.93. The predicted molar refractivity (Wildman–Crippen MR) is 63.3 cm³/mol. The van der Waals surface area contributed by atoms with Crippen LogP contribution in [0.4, 0.5) is 5.82 Å². The van der Waals surface area contributed by atoms with Crippen molar-refractivity contribution in [2.75, 3.05) is 19.3 Å². The molecule has 6 heteroatoms. The Morgan fingerprint density at radius 3 is 2.62 bits per heavy atom. The fraction of sp³-hybridized carbons (Fsp3) is 0.500. The van der Waals surface area contributed by atoms with Crippen LogP contribution in [0, 0.1) is 5.92 Å². The van der Waals surface area contributed by atoms with Crippen molar-refractivity contribution in [2.45, 2.75) is 18.7 Å². The number of pyridine rings is 1. The number of aromatic nitrogens is 1. The Bertz CT molecular complexity index is 457. The van der Waals surface area contributed by atoms with Gasteiger partial charge in [0.05, 0.1) is 4.90 Å². The minimum atomic E-state index is -3.44. The van der Waals surface area contributed by atoms with Crippen molar-refractivity contribution < 1.29 is 8.42 Å². The Hall–Kier alpha value is -1.14. The van der Waals surface area contributed by atoms with Gasteiger partial charge in [-0.2, -0.15) is 0 Å². The van der Waals surface area contributed by atoms with E-state index in [1.54, 1.807) is 7.05 Å². The number of rotatable bonds is 4. The van der Waals surface area contributed by atoms with Crippen LogP contribution in [-0.2, 0) is 10.0 Å². The smallest absolute Gasteiger partial charge is 0.243 e. The van der Waals surface area contributed by atoms with E-state index in [4.69, 9.17) is 5.73 Å². The van der Waals surface area contributed by atoms with Crippen molar-refractivity contribution in [3.63, 3.8) is 0 Å². The van der Waals surface area contributed by atoms with Crippen molar-refractivity contribution in [3.8, 4) is 0 Å². The van der Waals surface area contributed by atoms with E-state index in [0.717, 1.165) is 0 Å². The summed E-state index contributed by atoms with van der Waals surface area (Å²) in [6, 6.07) is 2.81. The Morgan fingerprint density at radius 2 is 2.12 bits per heavy atom. The molecule has 0 atom stereocenters. The SMILES string of the molecule is CC(C)CN(C)S(=O)(=O)c1ccnc(N)c1. The molecule has 1 aromatic rings. The highest BCUT2D eigenvalue weighted by molar-refractivity contribution is 7.89. The summed E-state index contributed by atoms with van der Waals surface area (Å²) in [6.45, 7) is 4.41. The molecule has 0 aliphatic carbocycles. The van der Waals surface area contributed by atoms with Gasteiger partial charge in [-0.05, 0) is 12.0 Å². The third-order valence-corrected chi connectivity index (χ3v) is 3.90. The second-order valence-corrected chi connectivity index (χ2v) is 6.14. The van der Waals surface area contributed by atoms with E-state index < -0.39 is 10.0 Å². The largest absolute Gasteiger partial charge is 0.384 e. The van der Waals surface area contributed by atoms with E-state index in [-0.39, 0.29) is 16.6 Å². The molecule has 0 unspecified atom stereocenters. The van der Waals surface area contributed by atoms with Crippen molar-refractivity contribution in [1.82, 2.24) is 9.29 Å². The highest BCUT2D eigenvalue weighted by atomic mass is 32.2. The quantitative estimate of drug-likeness (QED) is 0.854. The molecule has 1 rings (SSSR count). The van der Waals surface area contributed by atoms with Crippen LogP contribution in [0.2, 0.25) is 0 Å². The van der Waals surface area contributed by atoms with Gasteiger partial charge in [0, 0.05) is 25.9 Å². The molecule has 0 saturated heterocycles. The minimum Gasteiger partial charge on any atom is -0.384 e. The van der Waals surface area contributed by atoms with Crippen molar-refractivity contribution in [1.29, 1.82) is 0 Å². The highest BCUT2D eigenvalue weighted by Gasteiger charge is 2.21. The monoisotopic (exact) mass is 243 g/mol. The van der Waals surface area contributed by atoms with Gasteiger partial charge in [0.2, 0.25) is 10.0 Å². The zero-order chi connectivity index (χ0) is 12.3. The fourth-order valence-electron chi connectivity index (χ4n) is 1.38. The summed E-state index contributed by atoms with van der Waals surface area (Å²) in [6.07, 6.45) is 1.39. The molecule has 0 aromatic carbocycles. The first-order valence-electron chi connectivity index (χ1n) is 5.02. The van der Waals surface area contributed by atoms with Gasteiger partial charge in [0.15, 0.2) is 0 Å². The van der Waals surface area contributed by atoms with Gasteiger partial charge in [0.1, 0.15) is 5.82 Å². The average Bonchev–Trinajstić information content (AvgIpc) is 2.16. The van der Waals surface area contributed by atoms with E-state index in [9.17, 15) is 8.42 Å². The second kappa shape index (κ2) is 4.80. The second-order valence-electron chi connectivity index (χ2n) is 4.10. The van der Waals surface area contributed by atoms with E-state index >= 15 is 0 Å². The Labute approximate surface area is 96.3 Å². The molecule has 90 valence electrons. The maximum Gasteiger partial charge on any atom is 0.243 e. The molecular formula is C10H17N3O2S. The lowest BCUT2D eigenvalue weighted by atomic mass is 10.2. The van der Waals surface area contributed by atoms with Crippen LogP contribution >= 0.6 is 0 Å². The summed E-state index contributed by atoms with van der Waals surface area (Å²) in [4.78, 5) is 3.95. The first kappa shape index (κ1) is 12.9. The van der Waals surface area contributed by atoms with Gasteiger partial charge >= 0.3 is 0 Å². The van der Waals surface area contributed by atoms with Crippen LogP contribution < -0.4 is 5.73 Å². The lowest BCUT2D eigenvalue weighted by molar-refractivity contribution is 0.417. The van der Waals surface area contributed by atoms with Crippen molar-refractivity contribution in [2.24, 2.45) is 5.92 Å². The summed E-state index contributed by atoms with van der Waals surface area (Å²) in [5.41, 5.74) is 5.46. The van der Waals surface area contributed by atoms with Gasteiger partial charge in [-0.15, -0.1) is 0 Å². The van der Waals surface area contributed by atoms with Crippen LogP contribution in [0.3, 0.4) is 0 Å². The number of nitrogens with two attached hydrogens (primary N) is 1. The van der Waals surface area contributed by atoms with Gasteiger partial charge in [-0.25, -0.2) is 17.7 Å². The topological polar surface area (TPSA) is 76.3 Å². The van der Waals surface area contributed by atoms with E-state index in [0.29, 0.717) is 6.54 Å². The fourth-order valence-corrected chi connectivity index (χ4v) is 2.74. The number of anilines is 1. The molecule has 1 heterocycles. The Kier molecular flexibility index (Phi) is 3.88. The number of hydrogen-bond donors (Lipinski definition) is 1. The standard InChI is InChI=1S/C10H17N3O2S/c1-8(2)7-13(3)16(14,15)9-4-5-12-10(11)6-9/h4-6,8H,7H2,1-3H3,(H2,11,12). The van der Waals surface area contributed by atoms with Crippen LogP contribution in [0.5, 0.6) is 0 Å². The molecular weight excluding hydrogens is 226 g/mol. The van der Waals surface area contributed by atoms with Gasteiger partial charge in [-0.1, -0.05) is 13.8 Å². The molecule has 0 bridgehead atoms. The molecule has 1 aromatic heterocycles. The lowest BCUT2D eigenvalue weighted by Gasteiger charge is -2.19. The van der Waals surface area contributed by atoms with Crippen LogP contribution in [0.15, 0.2) is 23.2 Å². The summed E-state index contributed by atoms with van der Waals surface area (Å²) < 4.78 is 25.5. The maximum atomic E-state index is 12.1. The summed E-state index contributed by atoms with van der Waals surface area (Å²) in [5, 5.41) is 0. The van der Waals surface area contributed by atoms with Gasteiger partial charge in [0.25, 0.3) is 0 Å². The van der Waals surface area contributed by atoms with Crippen LogP contribution in [0.1, 0.15) is 13.8 Å². The molecule has 0 spiro atoms. The molecule has 16 heavy (non-hydrogen) atoms. The lowest BCUT2D eigenvalue weighted by Crippen LogP contribution is -2.30. The first-order valence-corrected chi connectivity index (χ1v) is 6.46. The molecule has 0 amide bonds. The highest BCUT2D eigenvalue weighted by Crippen LogP contribution is 2.16. The normalized spacial score (nSPS) is 12.3. The average molecular weight is 243 g/mol. The number of nitrogens with zero attached hydrogens (tertiary/aromatic N) is 2.